The first-order valence-electron chi connectivity index (χ1n) is 5.53. The summed E-state index contributed by atoms with van der Waals surface area (Å²) in [6, 6.07) is 0. The zero-order valence-corrected chi connectivity index (χ0v) is 9.88. The van der Waals surface area contributed by atoms with E-state index >= 15 is 0 Å². The molecular weight excluding hydrogens is 188 g/mol. The lowest BCUT2D eigenvalue weighted by atomic mass is 9.77. The molecule has 0 N–H and O–H groups in total. The Kier molecular flexibility index (Phi) is 3.72. The van der Waals surface area contributed by atoms with Crippen molar-refractivity contribution in [3.63, 3.8) is 0 Å². The number of carbonyl (C=O) groups excluding carboxylic acids is 1. The van der Waals surface area contributed by atoms with Crippen LogP contribution >= 0.6 is 0 Å². The van der Waals surface area contributed by atoms with Gasteiger partial charge in [0.15, 0.2) is 0 Å². The number of rotatable bonds is 4. The summed E-state index contributed by atoms with van der Waals surface area (Å²) >= 11 is 0. The van der Waals surface area contributed by atoms with Crippen LogP contribution in [0.15, 0.2) is 24.3 Å². The van der Waals surface area contributed by atoms with Crippen molar-refractivity contribution in [2.24, 2.45) is 11.3 Å². The van der Waals surface area contributed by atoms with Crippen LogP contribution in [-0.2, 0) is 9.53 Å². The van der Waals surface area contributed by atoms with E-state index in [0.29, 0.717) is 18.9 Å². The van der Waals surface area contributed by atoms with Gasteiger partial charge in [-0.1, -0.05) is 45.1 Å². The largest absolute Gasteiger partial charge is 0.466 e. The molecule has 0 saturated heterocycles. The van der Waals surface area contributed by atoms with Crippen LogP contribution in [0, 0.1) is 11.3 Å². The Bertz CT molecular complexity index is 291. The van der Waals surface area contributed by atoms with Gasteiger partial charge < -0.3 is 4.74 Å². The van der Waals surface area contributed by atoms with Crippen LogP contribution in [0.1, 0.15) is 33.6 Å². The fourth-order valence-electron chi connectivity index (χ4n) is 1.80. The first-order valence-corrected chi connectivity index (χ1v) is 5.53. The molecule has 84 valence electrons. The summed E-state index contributed by atoms with van der Waals surface area (Å²) in [5, 5.41) is 0. The summed E-state index contributed by atoms with van der Waals surface area (Å²) in [7, 11) is 0. The van der Waals surface area contributed by atoms with E-state index in [4.69, 9.17) is 4.74 Å². The first-order chi connectivity index (χ1) is 6.99. The van der Waals surface area contributed by atoms with E-state index in [1.165, 1.54) is 5.57 Å². The monoisotopic (exact) mass is 208 g/mol. The second-order valence-electron chi connectivity index (χ2n) is 4.46. The quantitative estimate of drug-likeness (QED) is 0.664. The van der Waals surface area contributed by atoms with Gasteiger partial charge in [0.25, 0.3) is 0 Å². The average molecular weight is 208 g/mol. The van der Waals surface area contributed by atoms with Crippen LogP contribution in [0.4, 0.5) is 0 Å². The van der Waals surface area contributed by atoms with Gasteiger partial charge >= 0.3 is 5.97 Å². The standard InChI is InChI=1S/C13H20O2/c1-5-12(14)15-9-8-13(4)7-6-10(2)11(13)3/h6-7,11H,2,5,8-9H2,1,3-4H3/t11-,13+/m1/s1. The fraction of sp³-hybridized carbons (Fsp3) is 0.615. The van der Waals surface area contributed by atoms with Crippen molar-refractivity contribution < 1.29 is 9.53 Å². The van der Waals surface area contributed by atoms with Gasteiger partial charge in [0.05, 0.1) is 6.61 Å². The van der Waals surface area contributed by atoms with Gasteiger partial charge in [-0.3, -0.25) is 4.79 Å². The Balaban J connectivity index is 2.42. The third-order valence-corrected chi connectivity index (χ3v) is 3.42. The molecule has 0 aromatic heterocycles. The maximum Gasteiger partial charge on any atom is 0.305 e. The highest BCUT2D eigenvalue weighted by Gasteiger charge is 2.33. The Morgan fingerprint density at radius 3 is 2.80 bits per heavy atom. The SMILES string of the molecule is C=C1C=C[C@@](C)(CCOC(=O)CC)[C@@H]1C. The minimum Gasteiger partial charge on any atom is -0.466 e. The van der Waals surface area contributed by atoms with E-state index in [9.17, 15) is 4.79 Å². The average Bonchev–Trinajstić information content (AvgIpc) is 2.47. The Morgan fingerprint density at radius 2 is 2.33 bits per heavy atom. The number of hydrogen-bond donors (Lipinski definition) is 0. The van der Waals surface area contributed by atoms with Crippen LogP contribution in [0.2, 0.25) is 0 Å². The molecule has 0 aliphatic heterocycles. The molecule has 0 amide bonds. The summed E-state index contributed by atoms with van der Waals surface area (Å²) in [6.07, 6.45) is 5.58. The van der Waals surface area contributed by atoms with Gasteiger partial charge in [-0.2, -0.15) is 0 Å². The molecular formula is C13H20O2. The van der Waals surface area contributed by atoms with E-state index in [1.807, 2.05) is 6.92 Å². The molecule has 0 unspecified atom stereocenters. The smallest absolute Gasteiger partial charge is 0.305 e. The van der Waals surface area contributed by atoms with Crippen molar-refractivity contribution in [2.45, 2.75) is 33.6 Å². The van der Waals surface area contributed by atoms with Crippen LogP contribution in [0.5, 0.6) is 0 Å². The molecule has 0 spiro atoms. The van der Waals surface area contributed by atoms with E-state index in [2.05, 4.69) is 32.6 Å². The van der Waals surface area contributed by atoms with Gasteiger partial charge in [0, 0.05) is 6.42 Å². The summed E-state index contributed by atoms with van der Waals surface area (Å²) in [4.78, 5) is 11.0. The van der Waals surface area contributed by atoms with E-state index < -0.39 is 0 Å². The van der Waals surface area contributed by atoms with E-state index in [-0.39, 0.29) is 11.4 Å². The summed E-state index contributed by atoms with van der Waals surface area (Å²) in [5.74, 6) is 0.324. The molecule has 0 heterocycles. The maximum atomic E-state index is 11.0. The lowest BCUT2D eigenvalue weighted by Crippen LogP contribution is -2.22. The van der Waals surface area contributed by atoms with Crippen LogP contribution in [-0.4, -0.2) is 12.6 Å². The number of allylic oxidation sites excluding steroid dienone is 3. The molecule has 1 rings (SSSR count). The molecule has 0 saturated carbocycles. The van der Waals surface area contributed by atoms with E-state index in [0.717, 1.165) is 6.42 Å². The van der Waals surface area contributed by atoms with Crippen molar-refractivity contribution in [1.29, 1.82) is 0 Å². The molecule has 0 aromatic rings. The molecule has 2 nitrogen and oxygen atoms in total. The number of carbonyl (C=O) groups is 1. The zero-order valence-electron chi connectivity index (χ0n) is 9.88. The minimum atomic E-state index is -0.118. The highest BCUT2D eigenvalue weighted by molar-refractivity contribution is 5.68. The third-order valence-electron chi connectivity index (χ3n) is 3.42. The highest BCUT2D eigenvalue weighted by Crippen LogP contribution is 2.42. The van der Waals surface area contributed by atoms with Gasteiger partial charge in [-0.15, -0.1) is 0 Å². The van der Waals surface area contributed by atoms with Crippen molar-refractivity contribution in [3.05, 3.63) is 24.3 Å². The van der Waals surface area contributed by atoms with Gasteiger partial charge in [-0.25, -0.2) is 0 Å². The minimum absolute atomic E-state index is 0.102. The molecule has 0 aromatic carbocycles. The van der Waals surface area contributed by atoms with Crippen molar-refractivity contribution in [2.75, 3.05) is 6.61 Å². The third kappa shape index (κ3) is 2.71. The highest BCUT2D eigenvalue weighted by atomic mass is 16.5. The molecule has 0 radical (unpaired) electrons. The Morgan fingerprint density at radius 1 is 1.67 bits per heavy atom. The summed E-state index contributed by atoms with van der Waals surface area (Å²) in [5.41, 5.74) is 1.27. The molecule has 0 bridgehead atoms. The second kappa shape index (κ2) is 4.65. The fourth-order valence-corrected chi connectivity index (χ4v) is 1.80. The predicted molar refractivity (Wildman–Crippen MR) is 61.4 cm³/mol. The number of hydrogen-bond acceptors (Lipinski definition) is 2. The first kappa shape index (κ1) is 12.0. The maximum absolute atomic E-state index is 11.0. The van der Waals surface area contributed by atoms with Gasteiger partial charge in [-0.05, 0) is 17.8 Å². The topological polar surface area (TPSA) is 26.3 Å². The molecule has 1 aliphatic carbocycles. The van der Waals surface area contributed by atoms with E-state index in [1.54, 1.807) is 0 Å². The second-order valence-corrected chi connectivity index (χ2v) is 4.46. The zero-order chi connectivity index (χ0) is 11.5. The number of ether oxygens (including phenoxy) is 1. The predicted octanol–water partition coefficient (Wildman–Crippen LogP) is 3.10. The van der Waals surface area contributed by atoms with Gasteiger partial charge in [0.2, 0.25) is 0 Å². The van der Waals surface area contributed by atoms with Crippen molar-refractivity contribution >= 4 is 5.97 Å². The van der Waals surface area contributed by atoms with Crippen molar-refractivity contribution in [3.8, 4) is 0 Å². The van der Waals surface area contributed by atoms with Crippen LogP contribution < -0.4 is 0 Å². The number of esters is 1. The Hall–Kier alpha value is -1.05. The lowest BCUT2D eigenvalue weighted by Gasteiger charge is -2.28. The molecule has 1 aliphatic rings. The van der Waals surface area contributed by atoms with Gasteiger partial charge in [0.1, 0.15) is 0 Å². The van der Waals surface area contributed by atoms with Crippen LogP contribution in [0.3, 0.4) is 0 Å². The molecule has 2 atom stereocenters. The normalized spacial score (nSPS) is 29.5. The molecule has 2 heteroatoms. The lowest BCUT2D eigenvalue weighted by molar-refractivity contribution is -0.143. The summed E-state index contributed by atoms with van der Waals surface area (Å²) < 4.78 is 5.10. The molecule has 15 heavy (non-hydrogen) atoms. The van der Waals surface area contributed by atoms with Crippen LogP contribution in [0.25, 0.3) is 0 Å². The van der Waals surface area contributed by atoms with Crippen molar-refractivity contribution in [1.82, 2.24) is 0 Å². The summed E-state index contributed by atoms with van der Waals surface area (Å²) in [6.45, 7) is 10.7. The Labute approximate surface area is 92.0 Å². The molecule has 0 fully saturated rings.